The third-order valence-electron chi connectivity index (χ3n) is 5.21. The molecule has 2 aromatic rings. The van der Waals surface area contributed by atoms with E-state index in [0.29, 0.717) is 6.54 Å². The molecule has 1 aromatic heterocycles. The number of carbonyl (C=O) groups excluding carboxylic acids is 1. The van der Waals surface area contributed by atoms with Gasteiger partial charge in [0.2, 0.25) is 5.91 Å². The van der Waals surface area contributed by atoms with Gasteiger partial charge in [-0.25, -0.2) is 0 Å². The van der Waals surface area contributed by atoms with E-state index in [1.807, 2.05) is 24.1 Å². The predicted octanol–water partition coefficient (Wildman–Crippen LogP) is 3.34. The Kier molecular flexibility index (Phi) is 6.11. The van der Waals surface area contributed by atoms with Crippen LogP contribution in [0.4, 0.5) is 0 Å². The van der Waals surface area contributed by atoms with Crippen molar-refractivity contribution in [1.29, 1.82) is 0 Å². The van der Waals surface area contributed by atoms with Crippen LogP contribution in [0, 0.1) is 6.92 Å². The van der Waals surface area contributed by atoms with Crippen LogP contribution in [0.15, 0.2) is 30.5 Å². The molecule has 1 fully saturated rings. The van der Waals surface area contributed by atoms with Crippen LogP contribution in [0.5, 0.6) is 5.75 Å². The van der Waals surface area contributed by atoms with Crippen LogP contribution in [0.2, 0.25) is 0 Å². The Morgan fingerprint density at radius 2 is 2.15 bits per heavy atom. The minimum Gasteiger partial charge on any atom is -0.496 e. The van der Waals surface area contributed by atoms with Gasteiger partial charge in [0.15, 0.2) is 0 Å². The first-order valence-corrected chi connectivity index (χ1v) is 9.68. The number of nitrogens with zero attached hydrogens (tertiary/aromatic N) is 2. The highest BCUT2D eigenvalue weighted by atomic mass is 16.5. The summed E-state index contributed by atoms with van der Waals surface area (Å²) in [5.41, 5.74) is 5.56. The number of aromatic nitrogens is 1. The molecule has 0 bridgehead atoms. The maximum atomic E-state index is 12.4. The van der Waals surface area contributed by atoms with Crippen molar-refractivity contribution in [3.63, 3.8) is 0 Å². The summed E-state index contributed by atoms with van der Waals surface area (Å²) in [4.78, 5) is 18.8. The summed E-state index contributed by atoms with van der Waals surface area (Å²) >= 11 is 0. The van der Waals surface area contributed by atoms with Gasteiger partial charge in [0.25, 0.3) is 0 Å². The monoisotopic (exact) mass is 367 g/mol. The minimum atomic E-state index is -0.113. The zero-order chi connectivity index (χ0) is 19.4. The zero-order valence-electron chi connectivity index (χ0n) is 16.7. The van der Waals surface area contributed by atoms with Gasteiger partial charge in [-0.3, -0.25) is 9.78 Å². The van der Waals surface area contributed by atoms with Gasteiger partial charge in [0.05, 0.1) is 18.8 Å². The number of ether oxygens (including phenoxy) is 1. The Hall–Kier alpha value is -2.40. The molecule has 0 radical (unpaired) electrons. The van der Waals surface area contributed by atoms with E-state index < -0.39 is 0 Å². The Morgan fingerprint density at radius 1 is 1.33 bits per heavy atom. The van der Waals surface area contributed by atoms with Crippen LogP contribution in [-0.2, 0) is 17.8 Å². The van der Waals surface area contributed by atoms with E-state index in [1.54, 1.807) is 7.11 Å². The van der Waals surface area contributed by atoms with Crippen LogP contribution in [0.25, 0.3) is 11.3 Å². The zero-order valence-corrected chi connectivity index (χ0v) is 16.7. The number of methoxy groups -OCH3 is 1. The van der Waals surface area contributed by atoms with Crippen molar-refractivity contribution in [2.45, 2.75) is 46.2 Å². The summed E-state index contributed by atoms with van der Waals surface area (Å²) in [5.74, 6) is 1.05. The first-order valence-electron chi connectivity index (χ1n) is 9.68. The molecule has 0 aliphatic carbocycles. The van der Waals surface area contributed by atoms with Crippen molar-refractivity contribution >= 4 is 5.91 Å². The number of nitrogens with one attached hydrogen (secondary N) is 1. The van der Waals surface area contributed by atoms with E-state index in [2.05, 4.69) is 42.3 Å². The molecular formula is C22H29N3O2. The molecule has 1 aromatic carbocycles. The number of piperazine rings is 1. The van der Waals surface area contributed by atoms with Crippen molar-refractivity contribution in [2.24, 2.45) is 0 Å². The molecule has 0 spiro atoms. The highest BCUT2D eigenvalue weighted by Crippen LogP contribution is 2.30. The lowest BCUT2D eigenvalue weighted by Gasteiger charge is -2.31. The van der Waals surface area contributed by atoms with Crippen molar-refractivity contribution < 1.29 is 9.53 Å². The van der Waals surface area contributed by atoms with Crippen LogP contribution in [0.3, 0.4) is 0 Å². The highest BCUT2D eigenvalue weighted by Gasteiger charge is 2.24. The lowest BCUT2D eigenvalue weighted by atomic mass is 9.98. The van der Waals surface area contributed by atoms with Gasteiger partial charge in [-0.05, 0) is 61.2 Å². The topological polar surface area (TPSA) is 54.5 Å². The lowest BCUT2D eigenvalue weighted by molar-refractivity contribution is -0.135. The van der Waals surface area contributed by atoms with Gasteiger partial charge in [0.1, 0.15) is 5.75 Å². The van der Waals surface area contributed by atoms with E-state index in [4.69, 9.17) is 4.74 Å². The summed E-state index contributed by atoms with van der Waals surface area (Å²) in [5, 5.41) is 3.20. The predicted molar refractivity (Wildman–Crippen MR) is 108 cm³/mol. The summed E-state index contributed by atoms with van der Waals surface area (Å²) < 4.78 is 5.58. The van der Waals surface area contributed by atoms with E-state index in [9.17, 15) is 4.79 Å². The molecule has 0 saturated carbocycles. The number of amides is 1. The number of pyridine rings is 1. The maximum absolute atomic E-state index is 12.4. The number of carbonyl (C=O) groups is 1. The van der Waals surface area contributed by atoms with Crippen LogP contribution < -0.4 is 10.1 Å². The molecule has 5 heteroatoms. The number of hydrogen-bond donors (Lipinski definition) is 1. The highest BCUT2D eigenvalue weighted by molar-refractivity contribution is 5.82. The second-order valence-electron chi connectivity index (χ2n) is 7.20. The first kappa shape index (κ1) is 19.4. The minimum absolute atomic E-state index is 0.113. The molecular weight excluding hydrogens is 338 g/mol. The average molecular weight is 367 g/mol. The maximum Gasteiger partial charge on any atom is 0.239 e. The SMILES string of the molecule is CCCc1cc(-c2cc(CN3CCNC(C)C3=O)ccn2)cc(OC)c1C. The summed E-state index contributed by atoms with van der Waals surface area (Å²) in [7, 11) is 1.71. The van der Waals surface area contributed by atoms with Crippen LogP contribution >= 0.6 is 0 Å². The molecule has 1 amide bonds. The molecule has 1 saturated heterocycles. The smallest absolute Gasteiger partial charge is 0.239 e. The van der Waals surface area contributed by atoms with Crippen LogP contribution in [0.1, 0.15) is 37.0 Å². The third-order valence-corrected chi connectivity index (χ3v) is 5.21. The fourth-order valence-corrected chi connectivity index (χ4v) is 3.63. The first-order chi connectivity index (χ1) is 13.0. The standard InChI is InChI=1S/C22H29N3O2/c1-5-6-18-12-19(13-21(27-4)15(18)2)20-11-17(7-8-24-20)14-25-10-9-23-16(3)22(25)26/h7-8,11-13,16,23H,5-6,9-10,14H2,1-4H3. The normalized spacial score (nSPS) is 17.3. The van der Waals surface area contributed by atoms with Crippen LogP contribution in [-0.4, -0.2) is 42.0 Å². The second kappa shape index (κ2) is 8.53. The number of aryl methyl sites for hydroxylation is 1. The fourth-order valence-electron chi connectivity index (χ4n) is 3.63. The Bertz CT molecular complexity index is 819. The van der Waals surface area contributed by atoms with Gasteiger partial charge in [0, 0.05) is 31.4 Å². The van der Waals surface area contributed by atoms with E-state index >= 15 is 0 Å². The van der Waals surface area contributed by atoms with Gasteiger partial charge >= 0.3 is 0 Å². The molecule has 1 atom stereocenters. The van der Waals surface area contributed by atoms with Crippen molar-refractivity contribution in [3.05, 3.63) is 47.2 Å². The van der Waals surface area contributed by atoms with Crippen molar-refractivity contribution in [2.75, 3.05) is 20.2 Å². The van der Waals surface area contributed by atoms with Gasteiger partial charge < -0.3 is 15.0 Å². The van der Waals surface area contributed by atoms with Crippen molar-refractivity contribution in [3.8, 4) is 17.0 Å². The van der Waals surface area contributed by atoms with Crippen molar-refractivity contribution in [1.82, 2.24) is 15.2 Å². The van der Waals surface area contributed by atoms with Gasteiger partial charge in [-0.2, -0.15) is 0 Å². The lowest BCUT2D eigenvalue weighted by Crippen LogP contribution is -2.53. The second-order valence-corrected chi connectivity index (χ2v) is 7.20. The number of benzene rings is 1. The average Bonchev–Trinajstić information content (AvgIpc) is 2.67. The summed E-state index contributed by atoms with van der Waals surface area (Å²) in [6, 6.07) is 8.23. The number of rotatable bonds is 6. The van der Waals surface area contributed by atoms with Gasteiger partial charge in [-0.15, -0.1) is 0 Å². The fraction of sp³-hybridized carbons (Fsp3) is 0.455. The molecule has 1 aliphatic rings. The van der Waals surface area contributed by atoms with Gasteiger partial charge in [-0.1, -0.05) is 13.3 Å². The largest absolute Gasteiger partial charge is 0.496 e. The third kappa shape index (κ3) is 4.30. The number of hydrogen-bond acceptors (Lipinski definition) is 4. The molecule has 27 heavy (non-hydrogen) atoms. The molecule has 1 aliphatic heterocycles. The van der Waals surface area contributed by atoms with E-state index in [-0.39, 0.29) is 11.9 Å². The van der Waals surface area contributed by atoms with E-state index in [0.717, 1.165) is 48.5 Å². The Balaban J connectivity index is 1.89. The molecule has 5 nitrogen and oxygen atoms in total. The Labute approximate surface area is 161 Å². The molecule has 1 N–H and O–H groups in total. The quantitative estimate of drug-likeness (QED) is 0.851. The molecule has 1 unspecified atom stereocenters. The van der Waals surface area contributed by atoms with E-state index in [1.165, 1.54) is 11.1 Å². The molecule has 144 valence electrons. The summed E-state index contributed by atoms with van der Waals surface area (Å²) in [6.45, 7) is 8.39. The molecule has 2 heterocycles. The Morgan fingerprint density at radius 3 is 2.89 bits per heavy atom. The summed E-state index contributed by atoms with van der Waals surface area (Å²) in [6.07, 6.45) is 3.93. The molecule has 3 rings (SSSR count).